The molecule has 0 spiro atoms. The zero-order valence-corrected chi connectivity index (χ0v) is 8.81. The van der Waals surface area contributed by atoms with Gasteiger partial charge < -0.3 is 5.73 Å². The fourth-order valence-electron chi connectivity index (χ4n) is 1.29. The number of rotatable bonds is 3. The van der Waals surface area contributed by atoms with Gasteiger partial charge in [0.15, 0.2) is 0 Å². The van der Waals surface area contributed by atoms with Gasteiger partial charge in [0.25, 0.3) is 5.69 Å². The average molecular weight is 206 g/mol. The quantitative estimate of drug-likeness (QED) is 0.609. The molecule has 1 unspecified atom stereocenters. The minimum atomic E-state index is -0.381. The Kier molecular flexibility index (Phi) is 3.57. The van der Waals surface area contributed by atoms with Crippen LogP contribution in [0.3, 0.4) is 0 Å². The summed E-state index contributed by atoms with van der Waals surface area (Å²) < 4.78 is 0. The van der Waals surface area contributed by atoms with Crippen LogP contribution >= 0.6 is 0 Å². The smallest absolute Gasteiger partial charge is 0.276 e. The van der Waals surface area contributed by atoms with Crippen LogP contribution in [0.1, 0.15) is 18.1 Å². The van der Waals surface area contributed by atoms with E-state index in [2.05, 4.69) is 0 Å². The van der Waals surface area contributed by atoms with Gasteiger partial charge in [-0.3, -0.25) is 10.1 Å². The SMILES string of the molecule is Cc1cccc([N+](=O)[O-])c1/C=C/C(C)N. The molecule has 1 atom stereocenters. The van der Waals surface area contributed by atoms with E-state index in [9.17, 15) is 10.1 Å². The summed E-state index contributed by atoms with van der Waals surface area (Å²) in [7, 11) is 0. The molecular formula is C11H14N2O2. The van der Waals surface area contributed by atoms with Crippen LogP contribution in [0.25, 0.3) is 6.08 Å². The van der Waals surface area contributed by atoms with Crippen molar-refractivity contribution >= 4 is 11.8 Å². The molecule has 4 nitrogen and oxygen atoms in total. The molecule has 1 aromatic rings. The maximum Gasteiger partial charge on any atom is 0.276 e. The molecule has 0 radical (unpaired) electrons. The second-order valence-corrected chi connectivity index (χ2v) is 3.48. The van der Waals surface area contributed by atoms with Gasteiger partial charge in [0.1, 0.15) is 0 Å². The van der Waals surface area contributed by atoms with Gasteiger partial charge >= 0.3 is 0 Å². The van der Waals surface area contributed by atoms with Crippen molar-refractivity contribution in [1.29, 1.82) is 0 Å². The first kappa shape index (κ1) is 11.4. The van der Waals surface area contributed by atoms with Gasteiger partial charge in [-0.25, -0.2) is 0 Å². The van der Waals surface area contributed by atoms with E-state index < -0.39 is 0 Å². The zero-order valence-electron chi connectivity index (χ0n) is 8.81. The van der Waals surface area contributed by atoms with Crippen LogP contribution in [-0.4, -0.2) is 11.0 Å². The molecule has 0 fully saturated rings. The molecule has 80 valence electrons. The number of nitrogens with two attached hydrogens (primary N) is 1. The average Bonchev–Trinajstić information content (AvgIpc) is 2.15. The van der Waals surface area contributed by atoms with Crippen molar-refractivity contribution in [3.63, 3.8) is 0 Å². The molecule has 2 N–H and O–H groups in total. The summed E-state index contributed by atoms with van der Waals surface area (Å²) in [5.41, 5.74) is 7.18. The Hall–Kier alpha value is -1.68. The van der Waals surface area contributed by atoms with Crippen molar-refractivity contribution in [3.05, 3.63) is 45.5 Å². The Bertz CT molecular complexity index is 398. The van der Waals surface area contributed by atoms with E-state index >= 15 is 0 Å². The highest BCUT2D eigenvalue weighted by atomic mass is 16.6. The van der Waals surface area contributed by atoms with Crippen molar-refractivity contribution in [2.75, 3.05) is 0 Å². The van der Waals surface area contributed by atoms with Crippen molar-refractivity contribution in [2.24, 2.45) is 5.73 Å². The Morgan fingerprint density at radius 3 is 2.73 bits per heavy atom. The number of nitro groups is 1. The predicted octanol–water partition coefficient (Wildman–Crippen LogP) is 2.26. The highest BCUT2D eigenvalue weighted by molar-refractivity contribution is 5.64. The molecule has 0 saturated carbocycles. The van der Waals surface area contributed by atoms with Crippen LogP contribution < -0.4 is 5.73 Å². The predicted molar refractivity (Wildman–Crippen MR) is 60.5 cm³/mol. The normalized spacial score (nSPS) is 13.0. The maximum atomic E-state index is 10.8. The van der Waals surface area contributed by atoms with Crippen LogP contribution in [0.2, 0.25) is 0 Å². The van der Waals surface area contributed by atoms with Crippen LogP contribution in [0, 0.1) is 17.0 Å². The zero-order chi connectivity index (χ0) is 11.4. The lowest BCUT2D eigenvalue weighted by molar-refractivity contribution is -0.385. The van der Waals surface area contributed by atoms with Gasteiger partial charge in [-0.2, -0.15) is 0 Å². The molecule has 0 aliphatic rings. The third-order valence-corrected chi connectivity index (χ3v) is 2.06. The second kappa shape index (κ2) is 4.70. The fraction of sp³-hybridized carbons (Fsp3) is 0.273. The molecule has 0 saturated heterocycles. The lowest BCUT2D eigenvalue weighted by Gasteiger charge is -2.02. The van der Waals surface area contributed by atoms with E-state index in [1.807, 2.05) is 19.9 Å². The van der Waals surface area contributed by atoms with Crippen LogP contribution in [0.15, 0.2) is 24.3 Å². The Morgan fingerprint density at radius 1 is 1.53 bits per heavy atom. The van der Waals surface area contributed by atoms with Crippen molar-refractivity contribution < 1.29 is 4.92 Å². The van der Waals surface area contributed by atoms with Crippen molar-refractivity contribution in [2.45, 2.75) is 19.9 Å². The van der Waals surface area contributed by atoms with Gasteiger partial charge in [0.2, 0.25) is 0 Å². The number of aryl methyl sites for hydroxylation is 1. The molecular weight excluding hydrogens is 192 g/mol. The van der Waals surface area contributed by atoms with E-state index in [4.69, 9.17) is 5.73 Å². The number of hydrogen-bond donors (Lipinski definition) is 1. The molecule has 0 aliphatic carbocycles. The van der Waals surface area contributed by atoms with E-state index in [0.717, 1.165) is 5.56 Å². The highest BCUT2D eigenvalue weighted by Crippen LogP contribution is 2.23. The fourth-order valence-corrected chi connectivity index (χ4v) is 1.29. The minimum Gasteiger partial charge on any atom is -0.325 e. The van der Waals surface area contributed by atoms with Crippen LogP contribution in [0.5, 0.6) is 0 Å². The molecule has 0 aliphatic heterocycles. The van der Waals surface area contributed by atoms with Gasteiger partial charge in [0, 0.05) is 12.1 Å². The Labute approximate surface area is 88.6 Å². The third-order valence-electron chi connectivity index (χ3n) is 2.06. The largest absolute Gasteiger partial charge is 0.325 e. The van der Waals surface area contributed by atoms with Crippen molar-refractivity contribution in [3.8, 4) is 0 Å². The Balaban J connectivity index is 3.19. The molecule has 0 bridgehead atoms. The van der Waals surface area contributed by atoms with E-state index in [1.165, 1.54) is 6.07 Å². The minimum absolute atomic E-state index is 0.107. The monoisotopic (exact) mass is 206 g/mol. The topological polar surface area (TPSA) is 69.2 Å². The summed E-state index contributed by atoms with van der Waals surface area (Å²) in [5, 5.41) is 10.8. The van der Waals surface area contributed by atoms with Crippen molar-refractivity contribution in [1.82, 2.24) is 0 Å². The summed E-state index contributed by atoms with van der Waals surface area (Å²) in [6.45, 7) is 3.66. The molecule has 15 heavy (non-hydrogen) atoms. The molecule has 0 aromatic heterocycles. The second-order valence-electron chi connectivity index (χ2n) is 3.48. The lowest BCUT2D eigenvalue weighted by Crippen LogP contribution is -2.10. The molecule has 4 heteroatoms. The maximum absolute atomic E-state index is 10.8. The van der Waals surface area contributed by atoms with Gasteiger partial charge in [-0.05, 0) is 19.4 Å². The van der Waals surface area contributed by atoms with Gasteiger partial charge in [0.05, 0.1) is 10.5 Å². The number of nitrogens with zero attached hydrogens (tertiary/aromatic N) is 1. The van der Waals surface area contributed by atoms with E-state index in [1.54, 1.807) is 18.2 Å². The van der Waals surface area contributed by atoms with Gasteiger partial charge in [-0.1, -0.05) is 24.3 Å². The Morgan fingerprint density at radius 2 is 2.20 bits per heavy atom. The standard InChI is InChI=1S/C11H14N2O2/c1-8-4-3-5-11(13(14)15)10(8)7-6-9(2)12/h3-7,9H,12H2,1-2H3/b7-6+. The summed E-state index contributed by atoms with van der Waals surface area (Å²) in [4.78, 5) is 10.4. The summed E-state index contributed by atoms with van der Waals surface area (Å²) in [5.74, 6) is 0. The highest BCUT2D eigenvalue weighted by Gasteiger charge is 2.12. The van der Waals surface area contributed by atoms with E-state index in [-0.39, 0.29) is 16.7 Å². The molecule has 1 rings (SSSR count). The first-order valence-corrected chi connectivity index (χ1v) is 4.70. The van der Waals surface area contributed by atoms with E-state index in [0.29, 0.717) is 5.56 Å². The molecule has 0 amide bonds. The van der Waals surface area contributed by atoms with Crippen LogP contribution in [0.4, 0.5) is 5.69 Å². The molecule has 1 aromatic carbocycles. The number of nitro benzene ring substituents is 1. The first-order valence-electron chi connectivity index (χ1n) is 4.70. The summed E-state index contributed by atoms with van der Waals surface area (Å²) in [6.07, 6.45) is 3.45. The van der Waals surface area contributed by atoms with Gasteiger partial charge in [-0.15, -0.1) is 0 Å². The lowest BCUT2D eigenvalue weighted by atomic mass is 10.1. The van der Waals surface area contributed by atoms with Crippen LogP contribution in [-0.2, 0) is 0 Å². The molecule has 0 heterocycles. The summed E-state index contributed by atoms with van der Waals surface area (Å²) in [6, 6.07) is 4.91. The summed E-state index contributed by atoms with van der Waals surface area (Å²) >= 11 is 0. The first-order chi connectivity index (χ1) is 7.02. The number of benzene rings is 1. The number of hydrogen-bond acceptors (Lipinski definition) is 3. The third kappa shape index (κ3) is 2.89.